The van der Waals surface area contributed by atoms with E-state index in [9.17, 15) is 14.4 Å². The van der Waals surface area contributed by atoms with E-state index >= 15 is 0 Å². The molecule has 0 saturated carbocycles. The Bertz CT molecular complexity index is 1130. The third-order valence-corrected chi connectivity index (χ3v) is 7.23. The summed E-state index contributed by atoms with van der Waals surface area (Å²) in [6.45, 7) is 4.64. The fourth-order valence-electron chi connectivity index (χ4n) is 5.32. The zero-order chi connectivity index (χ0) is 23.8. The number of hydrogen-bond donors (Lipinski definition) is 0. The molecule has 0 N–H and O–H groups in total. The maximum absolute atomic E-state index is 13.3. The predicted molar refractivity (Wildman–Crippen MR) is 130 cm³/mol. The van der Waals surface area contributed by atoms with Gasteiger partial charge in [-0.05, 0) is 54.8 Å². The van der Waals surface area contributed by atoms with Crippen LogP contribution in [-0.2, 0) is 9.59 Å². The van der Waals surface area contributed by atoms with Crippen LogP contribution in [0, 0.1) is 17.8 Å². The Labute approximate surface area is 199 Å². The molecule has 7 heteroatoms. The van der Waals surface area contributed by atoms with Crippen molar-refractivity contribution < 1.29 is 19.1 Å². The van der Waals surface area contributed by atoms with Crippen molar-refractivity contribution in [3.63, 3.8) is 0 Å². The zero-order valence-electron chi connectivity index (χ0n) is 19.5. The highest BCUT2D eigenvalue weighted by molar-refractivity contribution is 6.22. The van der Waals surface area contributed by atoms with Crippen molar-refractivity contribution in [3.8, 4) is 5.75 Å². The summed E-state index contributed by atoms with van der Waals surface area (Å²) >= 11 is 0. The Morgan fingerprint density at radius 3 is 2.35 bits per heavy atom. The van der Waals surface area contributed by atoms with Gasteiger partial charge < -0.3 is 14.5 Å². The van der Waals surface area contributed by atoms with Crippen molar-refractivity contribution in [2.75, 3.05) is 43.1 Å². The first-order valence-corrected chi connectivity index (χ1v) is 11.8. The molecule has 3 aliphatic rings. The third-order valence-electron chi connectivity index (χ3n) is 7.23. The van der Waals surface area contributed by atoms with Crippen LogP contribution in [0.15, 0.2) is 60.7 Å². The van der Waals surface area contributed by atoms with Crippen LogP contribution in [-0.4, -0.2) is 55.9 Å². The summed E-state index contributed by atoms with van der Waals surface area (Å²) in [4.78, 5) is 44.8. The second-order valence-electron chi connectivity index (χ2n) is 9.19. The Kier molecular flexibility index (Phi) is 5.86. The second kappa shape index (κ2) is 8.97. The van der Waals surface area contributed by atoms with E-state index in [0.717, 1.165) is 24.5 Å². The molecule has 7 nitrogen and oxygen atoms in total. The van der Waals surface area contributed by atoms with E-state index in [-0.39, 0.29) is 35.5 Å². The maximum Gasteiger partial charge on any atom is 0.254 e. The van der Waals surface area contributed by atoms with Gasteiger partial charge in [-0.1, -0.05) is 25.1 Å². The highest BCUT2D eigenvalue weighted by Crippen LogP contribution is 2.40. The number of nitrogens with zero attached hydrogens (tertiary/aromatic N) is 3. The minimum Gasteiger partial charge on any atom is -0.497 e. The van der Waals surface area contributed by atoms with E-state index in [1.807, 2.05) is 48.2 Å². The molecule has 2 aromatic rings. The average molecular weight is 460 g/mol. The molecule has 0 radical (unpaired) electrons. The van der Waals surface area contributed by atoms with Gasteiger partial charge in [0, 0.05) is 37.4 Å². The minimum atomic E-state index is -0.317. The maximum atomic E-state index is 13.3. The summed E-state index contributed by atoms with van der Waals surface area (Å²) in [5, 5.41) is 0. The van der Waals surface area contributed by atoms with Gasteiger partial charge in [-0.25, -0.2) is 0 Å². The van der Waals surface area contributed by atoms with Crippen molar-refractivity contribution >= 4 is 29.1 Å². The van der Waals surface area contributed by atoms with E-state index in [1.54, 1.807) is 31.4 Å². The molecule has 0 spiro atoms. The third kappa shape index (κ3) is 3.85. The van der Waals surface area contributed by atoms with Crippen LogP contribution in [0.25, 0.3) is 0 Å². The largest absolute Gasteiger partial charge is 0.497 e. The van der Waals surface area contributed by atoms with Gasteiger partial charge >= 0.3 is 0 Å². The van der Waals surface area contributed by atoms with E-state index in [1.165, 1.54) is 4.90 Å². The average Bonchev–Trinajstić information content (AvgIpc) is 3.14. The topological polar surface area (TPSA) is 70.2 Å². The quantitative estimate of drug-likeness (QED) is 0.518. The minimum absolute atomic E-state index is 0.0343. The fraction of sp³-hybridized carbons (Fsp3) is 0.370. The number of ether oxygens (including phenoxy) is 1. The van der Waals surface area contributed by atoms with Gasteiger partial charge in [0.15, 0.2) is 0 Å². The molecule has 34 heavy (non-hydrogen) atoms. The number of piperazine rings is 1. The highest BCUT2D eigenvalue weighted by Gasteiger charge is 2.50. The SMILES string of the molecule is COc1ccc(N2CCN(C(=O)c3cccc(N4C(=O)[C@@H]5[C@H](C)C=CC[C@H]5C4=O)c3)CC2)cc1. The number of methoxy groups -OCH3 is 1. The van der Waals surface area contributed by atoms with Crippen molar-refractivity contribution in [1.82, 2.24) is 4.90 Å². The molecule has 1 aliphatic carbocycles. The number of carbonyl (C=O) groups excluding carboxylic acids is 3. The molecule has 176 valence electrons. The van der Waals surface area contributed by atoms with E-state index < -0.39 is 0 Å². The summed E-state index contributed by atoms with van der Waals surface area (Å²) in [7, 11) is 1.65. The van der Waals surface area contributed by atoms with Gasteiger partial charge in [0.1, 0.15) is 5.75 Å². The van der Waals surface area contributed by atoms with Crippen LogP contribution >= 0.6 is 0 Å². The van der Waals surface area contributed by atoms with Gasteiger partial charge in [0.25, 0.3) is 5.91 Å². The summed E-state index contributed by atoms with van der Waals surface area (Å²) in [5.74, 6) is -0.179. The highest BCUT2D eigenvalue weighted by atomic mass is 16.5. The van der Waals surface area contributed by atoms with Gasteiger partial charge in [-0.3, -0.25) is 19.3 Å². The van der Waals surface area contributed by atoms with Crippen LogP contribution in [0.4, 0.5) is 11.4 Å². The lowest BCUT2D eigenvalue weighted by Gasteiger charge is -2.36. The first-order chi connectivity index (χ1) is 16.5. The molecule has 0 unspecified atom stereocenters. The number of benzene rings is 2. The first-order valence-electron chi connectivity index (χ1n) is 11.8. The van der Waals surface area contributed by atoms with E-state index in [2.05, 4.69) is 4.90 Å². The Balaban J connectivity index is 1.28. The Morgan fingerprint density at radius 1 is 0.941 bits per heavy atom. The van der Waals surface area contributed by atoms with Crippen molar-refractivity contribution in [2.24, 2.45) is 17.8 Å². The van der Waals surface area contributed by atoms with Crippen molar-refractivity contribution in [3.05, 3.63) is 66.2 Å². The smallest absolute Gasteiger partial charge is 0.254 e. The van der Waals surface area contributed by atoms with E-state index in [0.29, 0.717) is 30.8 Å². The summed E-state index contributed by atoms with van der Waals surface area (Å²) in [5.41, 5.74) is 2.09. The summed E-state index contributed by atoms with van der Waals surface area (Å²) < 4.78 is 5.23. The zero-order valence-corrected chi connectivity index (χ0v) is 19.5. The van der Waals surface area contributed by atoms with Crippen LogP contribution in [0.1, 0.15) is 23.7 Å². The van der Waals surface area contributed by atoms with Gasteiger partial charge in [0.05, 0.1) is 24.6 Å². The standard InChI is InChI=1S/C27H29N3O4/c1-18-5-3-8-23-24(18)27(33)30(26(23)32)21-7-4-6-19(17-21)25(31)29-15-13-28(14-16-29)20-9-11-22(34-2)12-10-20/h3-7,9-12,17-18,23-24H,8,13-16H2,1-2H3/t18-,23-,24-/m1/s1. The van der Waals surface area contributed by atoms with Gasteiger partial charge in [-0.2, -0.15) is 0 Å². The van der Waals surface area contributed by atoms with Gasteiger partial charge in [-0.15, -0.1) is 0 Å². The number of allylic oxidation sites excluding steroid dienone is 2. The Morgan fingerprint density at radius 2 is 1.68 bits per heavy atom. The predicted octanol–water partition coefficient (Wildman–Crippen LogP) is 3.36. The summed E-state index contributed by atoms with van der Waals surface area (Å²) in [6, 6.07) is 14.9. The van der Waals surface area contributed by atoms with Crippen LogP contribution < -0.4 is 14.5 Å². The molecule has 0 bridgehead atoms. The Hall–Kier alpha value is -3.61. The molecule has 3 atom stereocenters. The number of carbonyl (C=O) groups is 3. The molecule has 3 amide bonds. The summed E-state index contributed by atoms with van der Waals surface area (Å²) in [6.07, 6.45) is 4.60. The molecule has 2 heterocycles. The molecule has 0 aromatic heterocycles. The number of hydrogen-bond acceptors (Lipinski definition) is 5. The number of fused-ring (bicyclic) bond motifs is 1. The van der Waals surface area contributed by atoms with Crippen molar-refractivity contribution in [1.29, 1.82) is 0 Å². The first kappa shape index (κ1) is 22.2. The molecular formula is C27H29N3O4. The number of imide groups is 1. The number of amides is 3. The second-order valence-corrected chi connectivity index (χ2v) is 9.19. The molecule has 2 aliphatic heterocycles. The van der Waals surface area contributed by atoms with Gasteiger partial charge in [0.2, 0.25) is 11.8 Å². The van der Waals surface area contributed by atoms with Crippen LogP contribution in [0.2, 0.25) is 0 Å². The molecule has 5 rings (SSSR count). The molecule has 2 saturated heterocycles. The lowest BCUT2D eigenvalue weighted by Crippen LogP contribution is -2.48. The van der Waals surface area contributed by atoms with Crippen LogP contribution in [0.3, 0.4) is 0 Å². The monoisotopic (exact) mass is 459 g/mol. The molecule has 2 fully saturated rings. The normalized spacial score (nSPS) is 24.4. The fourth-order valence-corrected chi connectivity index (χ4v) is 5.32. The number of anilines is 2. The number of rotatable bonds is 4. The van der Waals surface area contributed by atoms with E-state index in [4.69, 9.17) is 4.74 Å². The lowest BCUT2D eigenvalue weighted by molar-refractivity contribution is -0.122. The molecular weight excluding hydrogens is 430 g/mol. The lowest BCUT2D eigenvalue weighted by atomic mass is 9.78. The van der Waals surface area contributed by atoms with Crippen LogP contribution in [0.5, 0.6) is 5.75 Å². The molecule has 2 aromatic carbocycles. The van der Waals surface area contributed by atoms with Crippen molar-refractivity contribution in [2.45, 2.75) is 13.3 Å².